The van der Waals surface area contributed by atoms with Crippen molar-refractivity contribution in [3.63, 3.8) is 0 Å². The fourth-order valence-corrected chi connectivity index (χ4v) is 4.11. The summed E-state index contributed by atoms with van der Waals surface area (Å²) in [5.41, 5.74) is 2.65. The molecule has 0 amide bonds. The maximum absolute atomic E-state index is 12.3. The van der Waals surface area contributed by atoms with Gasteiger partial charge in [0.25, 0.3) is 0 Å². The summed E-state index contributed by atoms with van der Waals surface area (Å²) in [6.45, 7) is 5.77. The number of piperazine rings is 1. The number of fused-ring (bicyclic) bond motifs is 1. The molecule has 1 N–H and O–H groups in total. The first-order valence-corrected chi connectivity index (χ1v) is 12.2. The van der Waals surface area contributed by atoms with Gasteiger partial charge in [-0.3, -0.25) is 14.5 Å². The molecule has 1 saturated heterocycles. The largest absolute Gasteiger partial charge is 0.496 e. The summed E-state index contributed by atoms with van der Waals surface area (Å²) >= 11 is 0. The number of allylic oxidation sites excluding steroid dienone is 2. The molecule has 7 heteroatoms. The number of carbonyl (C=O) groups excluding carboxylic acids is 2. The van der Waals surface area contributed by atoms with Gasteiger partial charge in [-0.1, -0.05) is 18.2 Å². The molecule has 0 aliphatic carbocycles. The Bertz CT molecular complexity index is 1250. The number of ketones is 2. The molecule has 1 aliphatic heterocycles. The number of carbonyl (C=O) groups is 2. The number of hydrogen-bond acceptors (Lipinski definition) is 6. The minimum atomic E-state index is -0.265. The summed E-state index contributed by atoms with van der Waals surface area (Å²) < 4.78 is 11.4. The molecule has 7 nitrogen and oxygen atoms in total. The fraction of sp³-hybridized carbons (Fsp3) is 0.310. The first-order valence-electron chi connectivity index (χ1n) is 12.2. The van der Waals surface area contributed by atoms with Crippen LogP contribution >= 0.6 is 0 Å². The Balaban J connectivity index is 1.26. The molecule has 1 aromatic heterocycles. The molecule has 0 spiro atoms. The zero-order chi connectivity index (χ0) is 25.3. The van der Waals surface area contributed by atoms with Crippen LogP contribution in [0.5, 0.6) is 11.5 Å². The second kappa shape index (κ2) is 12.3. The molecule has 0 saturated carbocycles. The molecular weight excluding hydrogens is 454 g/mol. The van der Waals surface area contributed by atoms with Crippen molar-refractivity contribution in [2.24, 2.45) is 0 Å². The van der Waals surface area contributed by atoms with Crippen LogP contribution in [0, 0.1) is 0 Å². The number of nitrogens with zero attached hydrogens (tertiary/aromatic N) is 2. The van der Waals surface area contributed by atoms with Gasteiger partial charge in [0.2, 0.25) is 0 Å². The minimum absolute atomic E-state index is 0.187. The molecule has 1 aliphatic rings. The maximum Gasteiger partial charge on any atom is 0.163 e. The van der Waals surface area contributed by atoms with E-state index in [0.717, 1.165) is 60.5 Å². The molecule has 2 heterocycles. The molecule has 188 valence electrons. The molecule has 1 fully saturated rings. The van der Waals surface area contributed by atoms with E-state index in [1.807, 2.05) is 48.7 Å². The predicted octanol–water partition coefficient (Wildman–Crippen LogP) is 4.06. The van der Waals surface area contributed by atoms with Crippen molar-refractivity contribution >= 4 is 34.6 Å². The van der Waals surface area contributed by atoms with Gasteiger partial charge in [0.05, 0.1) is 13.5 Å². The third kappa shape index (κ3) is 7.16. The van der Waals surface area contributed by atoms with Crippen LogP contribution in [0.4, 0.5) is 0 Å². The van der Waals surface area contributed by atoms with Crippen molar-refractivity contribution in [3.05, 3.63) is 71.9 Å². The Morgan fingerprint density at radius 2 is 1.75 bits per heavy atom. The van der Waals surface area contributed by atoms with Gasteiger partial charge in [-0.05, 0) is 60.5 Å². The monoisotopic (exact) mass is 487 g/mol. The summed E-state index contributed by atoms with van der Waals surface area (Å²) in [5, 5.41) is 1.11. The second-order valence-corrected chi connectivity index (χ2v) is 9.00. The van der Waals surface area contributed by atoms with Crippen molar-refractivity contribution in [1.82, 2.24) is 14.8 Å². The molecule has 0 unspecified atom stereocenters. The summed E-state index contributed by atoms with van der Waals surface area (Å²) in [5.74, 6) is 0.829. The Morgan fingerprint density at radius 3 is 2.53 bits per heavy atom. The van der Waals surface area contributed by atoms with Crippen molar-refractivity contribution in [2.45, 2.75) is 6.42 Å². The first-order chi connectivity index (χ1) is 17.5. The lowest BCUT2D eigenvalue weighted by atomic mass is 10.1. The summed E-state index contributed by atoms with van der Waals surface area (Å²) in [6, 6.07) is 13.4. The van der Waals surface area contributed by atoms with Gasteiger partial charge < -0.3 is 19.4 Å². The van der Waals surface area contributed by atoms with Gasteiger partial charge in [0.15, 0.2) is 11.6 Å². The number of ether oxygens (including phenoxy) is 2. The van der Waals surface area contributed by atoms with Gasteiger partial charge >= 0.3 is 0 Å². The van der Waals surface area contributed by atoms with Crippen LogP contribution in [-0.2, 0) is 9.59 Å². The smallest absolute Gasteiger partial charge is 0.163 e. The Hall–Kier alpha value is -3.68. The number of rotatable bonds is 11. The van der Waals surface area contributed by atoms with Crippen LogP contribution in [-0.4, -0.2) is 79.8 Å². The average Bonchev–Trinajstić information content (AvgIpc) is 3.36. The lowest BCUT2D eigenvalue weighted by Gasteiger charge is -2.32. The normalized spacial score (nSPS) is 15.2. The van der Waals surface area contributed by atoms with E-state index in [4.69, 9.17) is 9.47 Å². The highest BCUT2D eigenvalue weighted by Gasteiger charge is 2.13. The zero-order valence-corrected chi connectivity index (χ0v) is 20.9. The predicted molar refractivity (Wildman–Crippen MR) is 143 cm³/mol. The molecule has 3 aromatic rings. The SMILES string of the molecule is COc1cc(OCCN2CCN(C)CC2)ccc1C=CC(=O)CC(=O)C=Cc1ccc2cc[nH]c2c1. The number of aromatic amines is 1. The molecular formula is C29H33N3O4. The van der Waals surface area contributed by atoms with Gasteiger partial charge in [0, 0.05) is 56.1 Å². The number of methoxy groups -OCH3 is 1. The van der Waals surface area contributed by atoms with E-state index in [-0.39, 0.29) is 18.0 Å². The highest BCUT2D eigenvalue weighted by molar-refractivity contribution is 6.11. The highest BCUT2D eigenvalue weighted by atomic mass is 16.5. The van der Waals surface area contributed by atoms with Crippen LogP contribution in [0.3, 0.4) is 0 Å². The third-order valence-electron chi connectivity index (χ3n) is 6.32. The maximum atomic E-state index is 12.3. The van der Waals surface area contributed by atoms with Crippen LogP contribution in [0.15, 0.2) is 60.8 Å². The standard InChI is InChI=1S/C29H33N3O4/c1-31-13-15-32(16-14-31)17-18-36-27-10-7-24(29(21-27)35-2)6-9-26(34)20-25(33)8-4-22-3-5-23-11-12-30-28(23)19-22/h3-12,19,21,30H,13-18,20H2,1-2H3. The van der Waals surface area contributed by atoms with E-state index in [2.05, 4.69) is 21.8 Å². The fourth-order valence-electron chi connectivity index (χ4n) is 4.11. The Kier molecular flexibility index (Phi) is 8.71. The lowest BCUT2D eigenvalue weighted by Crippen LogP contribution is -2.45. The van der Waals surface area contributed by atoms with E-state index >= 15 is 0 Å². The number of likely N-dealkylation sites (N-methyl/N-ethyl adjacent to an activating group) is 1. The van der Waals surface area contributed by atoms with E-state index < -0.39 is 0 Å². The number of hydrogen-bond donors (Lipinski definition) is 1. The van der Waals surface area contributed by atoms with Crippen LogP contribution in [0.25, 0.3) is 23.1 Å². The van der Waals surface area contributed by atoms with E-state index in [1.54, 1.807) is 19.3 Å². The number of nitrogens with one attached hydrogen (secondary N) is 1. The van der Waals surface area contributed by atoms with Crippen molar-refractivity contribution in [3.8, 4) is 11.5 Å². The first kappa shape index (κ1) is 25.4. The van der Waals surface area contributed by atoms with Gasteiger partial charge in [-0.15, -0.1) is 0 Å². The van der Waals surface area contributed by atoms with Crippen LogP contribution in [0.1, 0.15) is 17.5 Å². The van der Waals surface area contributed by atoms with Gasteiger partial charge in [0.1, 0.15) is 18.1 Å². The molecule has 4 rings (SSSR count). The number of aromatic nitrogens is 1. The van der Waals surface area contributed by atoms with Crippen molar-refractivity contribution in [2.75, 3.05) is 53.5 Å². The van der Waals surface area contributed by atoms with E-state index in [1.165, 1.54) is 12.2 Å². The summed E-state index contributed by atoms with van der Waals surface area (Å²) in [6.07, 6.45) is 7.95. The number of H-pyrrole nitrogens is 1. The summed E-state index contributed by atoms with van der Waals surface area (Å²) in [7, 11) is 3.73. The van der Waals surface area contributed by atoms with Crippen LogP contribution < -0.4 is 9.47 Å². The lowest BCUT2D eigenvalue weighted by molar-refractivity contribution is -0.121. The third-order valence-corrected chi connectivity index (χ3v) is 6.32. The Morgan fingerprint density at radius 1 is 0.972 bits per heavy atom. The van der Waals surface area contributed by atoms with Crippen LogP contribution in [0.2, 0.25) is 0 Å². The highest BCUT2D eigenvalue weighted by Crippen LogP contribution is 2.26. The van der Waals surface area contributed by atoms with Gasteiger partial charge in [-0.25, -0.2) is 0 Å². The molecule has 0 bridgehead atoms. The molecule has 36 heavy (non-hydrogen) atoms. The van der Waals surface area contributed by atoms with E-state index in [9.17, 15) is 9.59 Å². The minimum Gasteiger partial charge on any atom is -0.496 e. The van der Waals surface area contributed by atoms with Crippen molar-refractivity contribution in [1.29, 1.82) is 0 Å². The Labute approximate surface area is 212 Å². The molecule has 0 atom stereocenters. The molecule has 0 radical (unpaired) electrons. The van der Waals surface area contributed by atoms with E-state index in [0.29, 0.717) is 12.4 Å². The quantitative estimate of drug-likeness (QED) is 0.325. The average molecular weight is 488 g/mol. The van der Waals surface area contributed by atoms with Gasteiger partial charge in [-0.2, -0.15) is 0 Å². The number of benzene rings is 2. The summed E-state index contributed by atoms with van der Waals surface area (Å²) in [4.78, 5) is 32.5. The zero-order valence-electron chi connectivity index (χ0n) is 20.9. The molecule has 2 aromatic carbocycles. The van der Waals surface area contributed by atoms with Crippen molar-refractivity contribution < 1.29 is 19.1 Å². The second-order valence-electron chi connectivity index (χ2n) is 9.00. The topological polar surface area (TPSA) is 74.9 Å².